The summed E-state index contributed by atoms with van der Waals surface area (Å²) in [5.41, 5.74) is 3.35. The van der Waals surface area contributed by atoms with Crippen molar-refractivity contribution in [1.82, 2.24) is 9.97 Å². The molecule has 0 saturated carbocycles. The van der Waals surface area contributed by atoms with Crippen molar-refractivity contribution >= 4 is 23.1 Å². The monoisotopic (exact) mass is 322 g/mol. The Morgan fingerprint density at radius 1 is 0.958 bits per heavy atom. The number of hydrogen-bond donors (Lipinski definition) is 2. The lowest BCUT2D eigenvalue weighted by Gasteiger charge is -2.11. The van der Waals surface area contributed by atoms with Gasteiger partial charge in [0.25, 0.3) is 0 Å². The Hall–Kier alpha value is -2.95. The summed E-state index contributed by atoms with van der Waals surface area (Å²) in [6.07, 6.45) is 0.998. The SMILES string of the molecule is CCc1ccc(Nc2nc(C)cc(Nc3ccccc3F)n2)cc1. The highest BCUT2D eigenvalue weighted by molar-refractivity contribution is 5.60. The van der Waals surface area contributed by atoms with Crippen LogP contribution in [0.3, 0.4) is 0 Å². The first-order chi connectivity index (χ1) is 11.6. The molecule has 0 aliphatic rings. The standard InChI is InChI=1S/C19H19FN4/c1-3-14-8-10-15(11-9-14)22-19-21-13(2)12-18(24-19)23-17-7-5-4-6-16(17)20/h4-12H,3H2,1-2H3,(H2,21,22,23,24). The van der Waals surface area contributed by atoms with Crippen LogP contribution >= 0.6 is 0 Å². The van der Waals surface area contributed by atoms with Crippen LogP contribution in [-0.2, 0) is 6.42 Å². The van der Waals surface area contributed by atoms with E-state index in [1.807, 2.05) is 19.1 Å². The first-order valence-electron chi connectivity index (χ1n) is 7.87. The summed E-state index contributed by atoms with van der Waals surface area (Å²) in [6.45, 7) is 3.99. The minimum Gasteiger partial charge on any atom is -0.338 e. The van der Waals surface area contributed by atoms with Crippen molar-refractivity contribution in [3.63, 3.8) is 0 Å². The van der Waals surface area contributed by atoms with E-state index in [9.17, 15) is 4.39 Å². The molecule has 0 spiro atoms. The van der Waals surface area contributed by atoms with Gasteiger partial charge >= 0.3 is 0 Å². The molecule has 0 aliphatic carbocycles. The van der Waals surface area contributed by atoms with Crippen molar-refractivity contribution in [1.29, 1.82) is 0 Å². The van der Waals surface area contributed by atoms with E-state index < -0.39 is 0 Å². The highest BCUT2D eigenvalue weighted by atomic mass is 19.1. The van der Waals surface area contributed by atoms with E-state index in [-0.39, 0.29) is 5.82 Å². The number of benzene rings is 2. The predicted octanol–water partition coefficient (Wildman–Crippen LogP) is 4.97. The maximum absolute atomic E-state index is 13.8. The Bertz CT molecular complexity index is 831. The molecule has 0 bridgehead atoms. The Morgan fingerprint density at radius 3 is 2.42 bits per heavy atom. The zero-order chi connectivity index (χ0) is 16.9. The second-order valence-corrected chi connectivity index (χ2v) is 5.50. The third kappa shape index (κ3) is 3.87. The van der Waals surface area contributed by atoms with E-state index in [1.54, 1.807) is 24.3 Å². The molecule has 0 radical (unpaired) electrons. The van der Waals surface area contributed by atoms with Gasteiger partial charge in [0.05, 0.1) is 5.69 Å². The molecular weight excluding hydrogens is 303 g/mol. The van der Waals surface area contributed by atoms with Crippen LogP contribution in [0, 0.1) is 12.7 Å². The topological polar surface area (TPSA) is 49.8 Å². The number of rotatable bonds is 5. The summed E-state index contributed by atoms with van der Waals surface area (Å²) >= 11 is 0. The van der Waals surface area contributed by atoms with E-state index in [0.717, 1.165) is 17.8 Å². The van der Waals surface area contributed by atoms with Gasteiger partial charge in [0, 0.05) is 17.4 Å². The van der Waals surface area contributed by atoms with Gasteiger partial charge in [0.2, 0.25) is 5.95 Å². The van der Waals surface area contributed by atoms with E-state index in [2.05, 4.69) is 39.7 Å². The number of para-hydroxylation sites is 1. The number of aryl methyl sites for hydroxylation is 2. The molecule has 2 aromatic carbocycles. The third-order valence-corrected chi connectivity index (χ3v) is 3.61. The van der Waals surface area contributed by atoms with Gasteiger partial charge in [-0.2, -0.15) is 4.98 Å². The van der Waals surface area contributed by atoms with E-state index in [4.69, 9.17) is 0 Å². The lowest BCUT2D eigenvalue weighted by Crippen LogP contribution is -2.03. The number of nitrogens with one attached hydrogen (secondary N) is 2. The zero-order valence-corrected chi connectivity index (χ0v) is 13.7. The lowest BCUT2D eigenvalue weighted by molar-refractivity contribution is 0.632. The number of hydrogen-bond acceptors (Lipinski definition) is 4. The first-order valence-corrected chi connectivity index (χ1v) is 7.87. The van der Waals surface area contributed by atoms with Gasteiger partial charge in [-0.15, -0.1) is 0 Å². The van der Waals surface area contributed by atoms with Crippen molar-refractivity contribution in [3.8, 4) is 0 Å². The molecule has 0 amide bonds. The van der Waals surface area contributed by atoms with Gasteiger partial charge in [-0.1, -0.05) is 31.2 Å². The maximum Gasteiger partial charge on any atom is 0.229 e. The van der Waals surface area contributed by atoms with E-state index >= 15 is 0 Å². The number of aromatic nitrogens is 2. The molecule has 2 N–H and O–H groups in total. The largest absolute Gasteiger partial charge is 0.338 e. The van der Waals surface area contributed by atoms with Crippen molar-refractivity contribution in [3.05, 3.63) is 71.7 Å². The highest BCUT2D eigenvalue weighted by Gasteiger charge is 2.06. The van der Waals surface area contributed by atoms with E-state index in [1.165, 1.54) is 11.6 Å². The lowest BCUT2D eigenvalue weighted by atomic mass is 10.1. The van der Waals surface area contributed by atoms with Crippen LogP contribution in [0.2, 0.25) is 0 Å². The molecule has 0 fully saturated rings. The molecule has 24 heavy (non-hydrogen) atoms. The number of nitrogens with zero attached hydrogens (tertiary/aromatic N) is 2. The van der Waals surface area contributed by atoms with Crippen molar-refractivity contribution < 1.29 is 4.39 Å². The summed E-state index contributed by atoms with van der Waals surface area (Å²) in [5, 5.41) is 6.17. The van der Waals surface area contributed by atoms with Crippen LogP contribution in [0.5, 0.6) is 0 Å². The zero-order valence-electron chi connectivity index (χ0n) is 13.7. The molecule has 0 saturated heterocycles. The molecule has 1 aromatic heterocycles. The average molecular weight is 322 g/mol. The molecule has 3 aromatic rings. The van der Waals surface area contributed by atoms with Crippen molar-refractivity contribution in [2.45, 2.75) is 20.3 Å². The molecule has 1 heterocycles. The molecular formula is C19H19FN4. The fourth-order valence-electron chi connectivity index (χ4n) is 2.34. The molecule has 0 unspecified atom stereocenters. The second-order valence-electron chi connectivity index (χ2n) is 5.50. The second kappa shape index (κ2) is 7.08. The van der Waals surface area contributed by atoms with Gasteiger partial charge < -0.3 is 10.6 Å². The summed E-state index contributed by atoms with van der Waals surface area (Å²) in [5.74, 6) is 0.691. The quantitative estimate of drug-likeness (QED) is 0.696. The Morgan fingerprint density at radius 2 is 1.71 bits per heavy atom. The average Bonchev–Trinajstić information content (AvgIpc) is 2.57. The summed E-state index contributed by atoms with van der Waals surface area (Å²) in [4.78, 5) is 8.79. The summed E-state index contributed by atoms with van der Waals surface area (Å²) < 4.78 is 13.8. The van der Waals surface area contributed by atoms with Gasteiger partial charge in [0.15, 0.2) is 0 Å². The normalized spacial score (nSPS) is 10.5. The molecule has 3 rings (SSSR count). The molecule has 4 nitrogen and oxygen atoms in total. The van der Waals surface area contributed by atoms with E-state index in [0.29, 0.717) is 17.5 Å². The molecule has 0 atom stereocenters. The Balaban J connectivity index is 1.81. The Kier molecular flexibility index (Phi) is 4.70. The minimum atomic E-state index is -0.321. The fraction of sp³-hybridized carbons (Fsp3) is 0.158. The van der Waals surface area contributed by atoms with Crippen molar-refractivity contribution in [2.24, 2.45) is 0 Å². The third-order valence-electron chi connectivity index (χ3n) is 3.61. The Labute approximate surface area is 140 Å². The summed E-state index contributed by atoms with van der Waals surface area (Å²) in [6, 6.07) is 16.4. The van der Waals surface area contributed by atoms with Crippen LogP contribution in [0.4, 0.5) is 27.5 Å². The molecule has 5 heteroatoms. The fourth-order valence-corrected chi connectivity index (χ4v) is 2.34. The van der Waals surface area contributed by atoms with Crippen LogP contribution < -0.4 is 10.6 Å². The smallest absolute Gasteiger partial charge is 0.229 e. The van der Waals surface area contributed by atoms with Gasteiger partial charge in [-0.05, 0) is 43.2 Å². The van der Waals surface area contributed by atoms with Crippen LogP contribution in [-0.4, -0.2) is 9.97 Å². The summed E-state index contributed by atoms with van der Waals surface area (Å²) in [7, 11) is 0. The molecule has 0 aliphatic heterocycles. The highest BCUT2D eigenvalue weighted by Crippen LogP contribution is 2.21. The van der Waals surface area contributed by atoms with Gasteiger partial charge in [-0.25, -0.2) is 9.37 Å². The van der Waals surface area contributed by atoms with Crippen LogP contribution in [0.25, 0.3) is 0 Å². The molecule has 122 valence electrons. The van der Waals surface area contributed by atoms with Gasteiger partial charge in [-0.3, -0.25) is 0 Å². The van der Waals surface area contributed by atoms with Crippen LogP contribution in [0.15, 0.2) is 54.6 Å². The maximum atomic E-state index is 13.8. The van der Waals surface area contributed by atoms with Gasteiger partial charge in [0.1, 0.15) is 11.6 Å². The predicted molar refractivity (Wildman–Crippen MR) is 95.6 cm³/mol. The number of halogens is 1. The van der Waals surface area contributed by atoms with Crippen molar-refractivity contribution in [2.75, 3.05) is 10.6 Å². The minimum absolute atomic E-state index is 0.321. The first kappa shape index (κ1) is 15.9. The van der Waals surface area contributed by atoms with Crippen LogP contribution in [0.1, 0.15) is 18.2 Å². The number of anilines is 4.